The van der Waals surface area contributed by atoms with Crippen LogP contribution in [0.2, 0.25) is 0 Å². The molecule has 2 atom stereocenters. The minimum atomic E-state index is -0.366. The Morgan fingerprint density at radius 1 is 1.25 bits per heavy atom. The van der Waals surface area contributed by atoms with Crippen molar-refractivity contribution in [2.24, 2.45) is 11.8 Å². The maximum absolute atomic E-state index is 12.8. The van der Waals surface area contributed by atoms with Gasteiger partial charge in [-0.25, -0.2) is 0 Å². The van der Waals surface area contributed by atoms with Crippen molar-refractivity contribution in [1.29, 1.82) is 0 Å². The molecule has 0 aromatic carbocycles. The second-order valence-corrected chi connectivity index (χ2v) is 8.05. The molecule has 0 radical (unpaired) electrons. The van der Waals surface area contributed by atoms with Crippen molar-refractivity contribution in [3.05, 3.63) is 0 Å². The number of thioether (sulfide) groups is 1. The van der Waals surface area contributed by atoms with Crippen molar-refractivity contribution in [2.45, 2.75) is 57.4 Å². The summed E-state index contributed by atoms with van der Waals surface area (Å²) in [5.41, 5.74) is 0. The van der Waals surface area contributed by atoms with E-state index in [1.54, 1.807) is 0 Å². The molecule has 1 saturated heterocycles. The lowest BCUT2D eigenvalue weighted by atomic mass is 9.92. The zero-order valence-electron chi connectivity index (χ0n) is 13.1. The van der Waals surface area contributed by atoms with Gasteiger partial charge < -0.3 is 10.2 Å². The third-order valence-electron chi connectivity index (χ3n) is 4.45. The van der Waals surface area contributed by atoms with E-state index in [2.05, 4.69) is 11.6 Å². The van der Waals surface area contributed by atoms with E-state index in [4.69, 9.17) is 0 Å². The van der Waals surface area contributed by atoms with Gasteiger partial charge in [0.1, 0.15) is 12.1 Å². The minimum absolute atomic E-state index is 0.00945. The molecule has 0 aromatic heterocycles. The van der Waals surface area contributed by atoms with Gasteiger partial charge in [-0.3, -0.25) is 9.59 Å². The van der Waals surface area contributed by atoms with Crippen LogP contribution in [-0.4, -0.2) is 46.3 Å². The molecule has 2 fully saturated rings. The Morgan fingerprint density at radius 3 is 2.25 bits per heavy atom. The Hall–Kier alpha value is -0.710. The average molecular weight is 298 g/mol. The Labute approximate surface area is 126 Å². The SMILES string of the molecule is CSC1(CN2C(=O)C(C(C)C)NC(=O)C2C(C)C)CC1. The molecule has 1 saturated carbocycles. The first-order valence-corrected chi connectivity index (χ1v) is 8.70. The van der Waals surface area contributed by atoms with Gasteiger partial charge in [-0.2, -0.15) is 11.8 Å². The van der Waals surface area contributed by atoms with E-state index in [9.17, 15) is 9.59 Å². The zero-order valence-corrected chi connectivity index (χ0v) is 13.9. The van der Waals surface area contributed by atoms with Crippen LogP contribution in [0.25, 0.3) is 0 Å². The summed E-state index contributed by atoms with van der Waals surface area (Å²) in [5.74, 6) is 0.380. The predicted molar refractivity (Wildman–Crippen MR) is 82.6 cm³/mol. The summed E-state index contributed by atoms with van der Waals surface area (Å²) >= 11 is 1.83. The summed E-state index contributed by atoms with van der Waals surface area (Å²) in [6.45, 7) is 8.71. The van der Waals surface area contributed by atoms with Gasteiger partial charge in [0.2, 0.25) is 11.8 Å². The lowest BCUT2D eigenvalue weighted by Gasteiger charge is -2.43. The van der Waals surface area contributed by atoms with Crippen molar-refractivity contribution in [3.8, 4) is 0 Å². The molecule has 4 nitrogen and oxygen atoms in total. The highest BCUT2D eigenvalue weighted by molar-refractivity contribution is 8.00. The second-order valence-electron chi connectivity index (χ2n) is 6.77. The predicted octanol–water partition coefficient (Wildman–Crippen LogP) is 1.89. The Bertz CT molecular complexity index is 405. The number of carbonyl (C=O) groups excluding carboxylic acids is 2. The molecule has 5 heteroatoms. The molecule has 0 aromatic rings. The fourth-order valence-electron chi connectivity index (χ4n) is 2.93. The summed E-state index contributed by atoms with van der Waals surface area (Å²) < 4.78 is 0.196. The van der Waals surface area contributed by atoms with Gasteiger partial charge in [-0.1, -0.05) is 27.7 Å². The van der Waals surface area contributed by atoms with Crippen LogP contribution in [0.15, 0.2) is 0 Å². The maximum Gasteiger partial charge on any atom is 0.246 e. The van der Waals surface area contributed by atoms with E-state index in [0.717, 1.165) is 12.8 Å². The highest BCUT2D eigenvalue weighted by Crippen LogP contribution is 2.48. The van der Waals surface area contributed by atoms with Crippen molar-refractivity contribution >= 4 is 23.6 Å². The number of hydrogen-bond acceptors (Lipinski definition) is 3. The quantitative estimate of drug-likeness (QED) is 0.843. The Kier molecular flexibility index (Phi) is 4.38. The molecule has 1 N–H and O–H groups in total. The van der Waals surface area contributed by atoms with Crippen molar-refractivity contribution < 1.29 is 9.59 Å². The average Bonchev–Trinajstić information content (AvgIpc) is 3.13. The van der Waals surface area contributed by atoms with Crippen molar-refractivity contribution in [1.82, 2.24) is 10.2 Å². The van der Waals surface area contributed by atoms with Crippen LogP contribution in [0.5, 0.6) is 0 Å². The van der Waals surface area contributed by atoms with Crippen LogP contribution in [-0.2, 0) is 9.59 Å². The fourth-order valence-corrected chi connectivity index (χ4v) is 3.70. The first kappa shape index (κ1) is 15.7. The Morgan fingerprint density at radius 2 is 1.85 bits per heavy atom. The van der Waals surface area contributed by atoms with Gasteiger partial charge in [-0.05, 0) is 30.9 Å². The lowest BCUT2D eigenvalue weighted by Crippen LogP contribution is -2.67. The summed E-state index contributed by atoms with van der Waals surface area (Å²) in [6, 6.07) is -0.683. The number of nitrogens with zero attached hydrogens (tertiary/aromatic N) is 1. The summed E-state index contributed by atoms with van der Waals surface area (Å²) in [5, 5.41) is 2.91. The number of nitrogens with one attached hydrogen (secondary N) is 1. The number of carbonyl (C=O) groups is 2. The van der Waals surface area contributed by atoms with E-state index < -0.39 is 0 Å². The molecule has 2 unspecified atom stereocenters. The van der Waals surface area contributed by atoms with Gasteiger partial charge >= 0.3 is 0 Å². The summed E-state index contributed by atoms with van der Waals surface area (Å²) in [6.07, 6.45) is 4.40. The highest BCUT2D eigenvalue weighted by Gasteiger charge is 2.50. The molecule has 114 valence electrons. The number of hydrogen-bond donors (Lipinski definition) is 1. The fraction of sp³-hybridized carbons (Fsp3) is 0.867. The van der Waals surface area contributed by atoms with E-state index in [1.165, 1.54) is 0 Å². The first-order chi connectivity index (χ1) is 9.31. The molecule has 2 rings (SSSR count). The maximum atomic E-state index is 12.8. The molecule has 20 heavy (non-hydrogen) atoms. The molecule has 0 bridgehead atoms. The van der Waals surface area contributed by atoms with Gasteiger partial charge in [0.25, 0.3) is 0 Å². The summed E-state index contributed by atoms with van der Waals surface area (Å²) in [4.78, 5) is 27.0. The minimum Gasteiger partial charge on any atom is -0.342 e. The molecule has 2 aliphatic rings. The molecule has 1 aliphatic heterocycles. The van der Waals surface area contributed by atoms with E-state index >= 15 is 0 Å². The Balaban J connectivity index is 2.24. The van der Waals surface area contributed by atoms with Crippen LogP contribution in [0.1, 0.15) is 40.5 Å². The monoisotopic (exact) mass is 298 g/mol. The van der Waals surface area contributed by atoms with Gasteiger partial charge in [0, 0.05) is 11.3 Å². The van der Waals surface area contributed by atoms with E-state index in [1.807, 2.05) is 44.4 Å². The molecular weight excluding hydrogens is 272 g/mol. The highest BCUT2D eigenvalue weighted by atomic mass is 32.2. The van der Waals surface area contributed by atoms with Crippen LogP contribution in [0.4, 0.5) is 0 Å². The first-order valence-electron chi connectivity index (χ1n) is 7.47. The third-order valence-corrected chi connectivity index (χ3v) is 5.85. The number of amides is 2. The molecule has 0 spiro atoms. The smallest absolute Gasteiger partial charge is 0.246 e. The number of piperazine rings is 1. The normalized spacial score (nSPS) is 29.1. The van der Waals surface area contributed by atoms with Crippen molar-refractivity contribution in [2.75, 3.05) is 12.8 Å². The number of rotatable bonds is 5. The lowest BCUT2D eigenvalue weighted by molar-refractivity contribution is -0.152. The molecule has 1 aliphatic carbocycles. The second kappa shape index (κ2) is 5.58. The van der Waals surface area contributed by atoms with Crippen LogP contribution in [0, 0.1) is 11.8 Å². The summed E-state index contributed by atoms with van der Waals surface area (Å²) in [7, 11) is 0. The topological polar surface area (TPSA) is 49.4 Å². The van der Waals surface area contributed by atoms with Gasteiger partial charge in [-0.15, -0.1) is 0 Å². The molecular formula is C15H26N2O2S. The zero-order chi connectivity index (χ0) is 15.1. The van der Waals surface area contributed by atoms with Crippen LogP contribution in [0.3, 0.4) is 0 Å². The molecule has 1 heterocycles. The standard InChI is InChI=1S/C15H26N2O2S/c1-9(2)11-14(19)17(8-15(20-5)6-7-15)12(10(3)4)13(18)16-11/h9-12H,6-8H2,1-5H3,(H,16,18). The van der Waals surface area contributed by atoms with Gasteiger partial charge in [0.05, 0.1) is 0 Å². The van der Waals surface area contributed by atoms with Crippen LogP contribution < -0.4 is 5.32 Å². The largest absolute Gasteiger partial charge is 0.342 e. The third kappa shape index (κ3) is 2.83. The van der Waals surface area contributed by atoms with E-state index in [0.29, 0.717) is 6.54 Å². The van der Waals surface area contributed by atoms with E-state index in [-0.39, 0.29) is 40.5 Å². The molecule has 2 amide bonds. The van der Waals surface area contributed by atoms with Crippen molar-refractivity contribution in [3.63, 3.8) is 0 Å². The van der Waals surface area contributed by atoms with Gasteiger partial charge in [0.15, 0.2) is 0 Å². The van der Waals surface area contributed by atoms with Crippen LogP contribution >= 0.6 is 11.8 Å².